The van der Waals surface area contributed by atoms with E-state index in [0.29, 0.717) is 0 Å². The second kappa shape index (κ2) is 5.20. The zero-order valence-corrected chi connectivity index (χ0v) is 10.3. The van der Waals surface area contributed by atoms with Gasteiger partial charge in [-0.2, -0.15) is 0 Å². The van der Waals surface area contributed by atoms with Crippen LogP contribution in [0.5, 0.6) is 0 Å². The highest BCUT2D eigenvalue weighted by Crippen LogP contribution is 2.29. The van der Waals surface area contributed by atoms with E-state index in [9.17, 15) is 0 Å². The van der Waals surface area contributed by atoms with E-state index in [4.69, 9.17) is 0 Å². The number of anilines is 1. The molecule has 1 fully saturated rings. The third-order valence-electron chi connectivity index (χ3n) is 1.99. The molecule has 0 amide bonds. The van der Waals surface area contributed by atoms with Gasteiger partial charge in [0.2, 0.25) is 0 Å². The fraction of sp³-hybridized carbons (Fsp3) is 0.500. The second-order valence-electron chi connectivity index (χ2n) is 2.81. The maximum absolute atomic E-state index is 3.47. The van der Waals surface area contributed by atoms with Crippen LogP contribution in [0, 0.1) is 0 Å². The topological polar surface area (TPSA) is 15.3 Å². The first kappa shape index (κ1) is 11.3. The Morgan fingerprint density at radius 2 is 2.00 bits per heavy atom. The predicted molar refractivity (Wildman–Crippen MR) is 64.3 cm³/mol. The van der Waals surface area contributed by atoms with Crippen LogP contribution in [0.2, 0.25) is 0 Å². The van der Waals surface area contributed by atoms with Crippen LogP contribution >= 0.6 is 39.7 Å². The number of hydrogen-bond acceptors (Lipinski definition) is 3. The van der Waals surface area contributed by atoms with E-state index in [-0.39, 0.29) is 12.4 Å². The number of halogens is 2. The molecule has 74 valence electrons. The number of rotatable bonds is 1. The van der Waals surface area contributed by atoms with Gasteiger partial charge in [-0.25, -0.2) is 0 Å². The van der Waals surface area contributed by atoms with Crippen molar-refractivity contribution in [2.24, 2.45) is 0 Å². The van der Waals surface area contributed by atoms with Crippen LogP contribution in [0.3, 0.4) is 0 Å². The summed E-state index contributed by atoms with van der Waals surface area (Å²) in [4.78, 5) is 2.42. The SMILES string of the molecule is Brc1ccc(N2CCNCC2)s1.Cl. The lowest BCUT2D eigenvalue weighted by atomic mass is 10.4. The summed E-state index contributed by atoms with van der Waals surface area (Å²) < 4.78 is 1.22. The van der Waals surface area contributed by atoms with E-state index >= 15 is 0 Å². The van der Waals surface area contributed by atoms with Gasteiger partial charge in [-0.15, -0.1) is 23.7 Å². The van der Waals surface area contributed by atoms with E-state index in [1.165, 1.54) is 8.79 Å². The monoisotopic (exact) mass is 282 g/mol. The van der Waals surface area contributed by atoms with Crippen molar-refractivity contribution < 1.29 is 0 Å². The summed E-state index contributed by atoms with van der Waals surface area (Å²) in [5.41, 5.74) is 0. The van der Waals surface area contributed by atoms with E-state index in [0.717, 1.165) is 26.2 Å². The zero-order chi connectivity index (χ0) is 8.39. The lowest BCUT2D eigenvalue weighted by Crippen LogP contribution is -2.43. The standard InChI is InChI=1S/C8H11BrN2S.ClH/c9-7-1-2-8(12-7)11-5-3-10-4-6-11;/h1-2,10H,3-6H2;1H. The van der Waals surface area contributed by atoms with Crippen molar-refractivity contribution in [3.63, 3.8) is 0 Å². The third kappa shape index (κ3) is 2.84. The predicted octanol–water partition coefficient (Wildman–Crippen LogP) is 2.34. The minimum absolute atomic E-state index is 0. The molecule has 13 heavy (non-hydrogen) atoms. The Bertz CT molecular complexity index is 260. The molecule has 1 aromatic heterocycles. The van der Waals surface area contributed by atoms with Gasteiger partial charge in [0.1, 0.15) is 0 Å². The molecular weight excluding hydrogens is 272 g/mol. The van der Waals surface area contributed by atoms with Gasteiger partial charge in [0.25, 0.3) is 0 Å². The van der Waals surface area contributed by atoms with Crippen LogP contribution in [0.1, 0.15) is 0 Å². The summed E-state index contributed by atoms with van der Waals surface area (Å²) >= 11 is 5.28. The van der Waals surface area contributed by atoms with Crippen molar-refractivity contribution >= 4 is 44.7 Å². The zero-order valence-electron chi connectivity index (χ0n) is 7.12. The number of piperazine rings is 1. The first-order valence-electron chi connectivity index (χ1n) is 4.07. The van der Waals surface area contributed by atoms with Gasteiger partial charge in [0, 0.05) is 26.2 Å². The Morgan fingerprint density at radius 3 is 2.54 bits per heavy atom. The molecule has 1 saturated heterocycles. The molecule has 2 heterocycles. The molecule has 0 radical (unpaired) electrons. The minimum Gasteiger partial charge on any atom is -0.361 e. The first-order chi connectivity index (χ1) is 5.86. The fourth-order valence-corrected chi connectivity index (χ4v) is 2.77. The summed E-state index contributed by atoms with van der Waals surface area (Å²) in [5.74, 6) is 0. The fourth-order valence-electron chi connectivity index (χ4n) is 1.36. The van der Waals surface area contributed by atoms with Crippen LogP contribution in [0.25, 0.3) is 0 Å². The normalized spacial score (nSPS) is 16.8. The molecule has 0 spiro atoms. The molecule has 1 aromatic rings. The van der Waals surface area contributed by atoms with Crippen LogP contribution in [-0.4, -0.2) is 26.2 Å². The molecule has 0 aromatic carbocycles. The van der Waals surface area contributed by atoms with E-state index in [2.05, 4.69) is 38.3 Å². The van der Waals surface area contributed by atoms with Gasteiger partial charge < -0.3 is 10.2 Å². The molecule has 0 atom stereocenters. The quantitative estimate of drug-likeness (QED) is 0.851. The second-order valence-corrected chi connectivity index (χ2v) is 5.26. The van der Waals surface area contributed by atoms with Gasteiger partial charge in [-0.3, -0.25) is 0 Å². The molecule has 1 aliphatic rings. The average molecular weight is 284 g/mol. The van der Waals surface area contributed by atoms with Crippen molar-refractivity contribution in [2.45, 2.75) is 0 Å². The molecule has 2 nitrogen and oxygen atoms in total. The van der Waals surface area contributed by atoms with Crippen LogP contribution in [0.15, 0.2) is 15.9 Å². The summed E-state index contributed by atoms with van der Waals surface area (Å²) in [5, 5.41) is 4.72. The van der Waals surface area contributed by atoms with Crippen molar-refractivity contribution in [3.8, 4) is 0 Å². The number of nitrogens with zero attached hydrogens (tertiary/aromatic N) is 1. The van der Waals surface area contributed by atoms with Crippen LogP contribution in [0.4, 0.5) is 5.00 Å². The van der Waals surface area contributed by atoms with Gasteiger partial charge in [0.05, 0.1) is 8.79 Å². The average Bonchev–Trinajstić information content (AvgIpc) is 2.54. The Morgan fingerprint density at radius 1 is 1.31 bits per heavy atom. The molecule has 1 N–H and O–H groups in total. The van der Waals surface area contributed by atoms with Crippen LogP contribution < -0.4 is 10.2 Å². The summed E-state index contributed by atoms with van der Waals surface area (Å²) in [6.07, 6.45) is 0. The van der Waals surface area contributed by atoms with Crippen molar-refractivity contribution in [1.29, 1.82) is 0 Å². The number of thiophene rings is 1. The van der Waals surface area contributed by atoms with Gasteiger partial charge >= 0.3 is 0 Å². The first-order valence-corrected chi connectivity index (χ1v) is 5.68. The third-order valence-corrected chi connectivity index (χ3v) is 3.67. The minimum atomic E-state index is 0. The van der Waals surface area contributed by atoms with Crippen LogP contribution in [-0.2, 0) is 0 Å². The molecule has 2 rings (SSSR count). The van der Waals surface area contributed by atoms with Gasteiger partial charge in [-0.05, 0) is 28.1 Å². The Labute approximate surface area is 96.9 Å². The highest BCUT2D eigenvalue weighted by Gasteiger charge is 2.11. The Kier molecular flexibility index (Phi) is 4.52. The van der Waals surface area contributed by atoms with Crippen molar-refractivity contribution in [2.75, 3.05) is 31.1 Å². The Balaban J connectivity index is 0.000000845. The van der Waals surface area contributed by atoms with Crippen molar-refractivity contribution in [1.82, 2.24) is 5.32 Å². The molecule has 0 aliphatic carbocycles. The van der Waals surface area contributed by atoms with Gasteiger partial charge in [-0.1, -0.05) is 0 Å². The smallest absolute Gasteiger partial charge is 0.0921 e. The maximum Gasteiger partial charge on any atom is 0.0921 e. The maximum atomic E-state index is 3.47. The highest BCUT2D eigenvalue weighted by molar-refractivity contribution is 9.11. The van der Waals surface area contributed by atoms with E-state index < -0.39 is 0 Å². The molecule has 5 heteroatoms. The molecule has 0 saturated carbocycles. The summed E-state index contributed by atoms with van der Waals surface area (Å²) in [6.45, 7) is 4.48. The molecule has 0 unspecified atom stereocenters. The molecule has 0 bridgehead atoms. The summed E-state index contributed by atoms with van der Waals surface area (Å²) in [6, 6.07) is 4.29. The Hall–Kier alpha value is 0.230. The highest BCUT2D eigenvalue weighted by atomic mass is 79.9. The number of hydrogen-bond donors (Lipinski definition) is 1. The lowest BCUT2D eigenvalue weighted by molar-refractivity contribution is 0.592. The molecular formula is C8H12BrClN2S. The van der Waals surface area contributed by atoms with Gasteiger partial charge in [0.15, 0.2) is 0 Å². The largest absolute Gasteiger partial charge is 0.361 e. The van der Waals surface area contributed by atoms with E-state index in [1.807, 2.05) is 11.3 Å². The van der Waals surface area contributed by atoms with E-state index in [1.54, 1.807) is 0 Å². The molecule has 1 aliphatic heterocycles. The van der Waals surface area contributed by atoms with Crippen molar-refractivity contribution in [3.05, 3.63) is 15.9 Å². The number of nitrogens with one attached hydrogen (secondary N) is 1. The lowest BCUT2D eigenvalue weighted by Gasteiger charge is -2.27. The summed E-state index contributed by atoms with van der Waals surface area (Å²) in [7, 11) is 0.